The Hall–Kier alpha value is -2.74. The lowest BCUT2D eigenvalue weighted by atomic mass is 9.82. The van der Waals surface area contributed by atoms with Crippen LogP contribution >= 0.6 is 11.6 Å². The van der Waals surface area contributed by atoms with Crippen LogP contribution in [-0.2, 0) is 21.6 Å². The fourth-order valence-electron chi connectivity index (χ4n) is 4.71. The highest BCUT2D eigenvalue weighted by Gasteiger charge is 2.45. The molecular formula is C26H25ClF2N2O3. The van der Waals surface area contributed by atoms with Gasteiger partial charge in [0.05, 0.1) is 11.6 Å². The maximum atomic E-state index is 16.0. The molecule has 2 aromatic carbocycles. The molecule has 1 heterocycles. The van der Waals surface area contributed by atoms with Gasteiger partial charge in [0.2, 0.25) is 5.91 Å². The average molecular weight is 487 g/mol. The number of benzene rings is 2. The summed E-state index contributed by atoms with van der Waals surface area (Å²) in [5, 5.41) is -0.295. The summed E-state index contributed by atoms with van der Waals surface area (Å²) in [4.78, 5) is 12.3. The molecule has 34 heavy (non-hydrogen) atoms. The fraction of sp³-hybridized carbons (Fsp3) is 0.346. The highest BCUT2D eigenvalue weighted by atomic mass is 35.5. The minimum absolute atomic E-state index is 0.0709. The Morgan fingerprint density at radius 1 is 1.26 bits per heavy atom. The van der Waals surface area contributed by atoms with Crippen LogP contribution < -0.4 is 16.2 Å². The second-order valence-corrected chi connectivity index (χ2v) is 9.44. The van der Waals surface area contributed by atoms with Crippen molar-refractivity contribution < 1.29 is 23.0 Å². The molecule has 1 aliphatic heterocycles. The van der Waals surface area contributed by atoms with Crippen molar-refractivity contribution in [3.8, 4) is 5.75 Å². The van der Waals surface area contributed by atoms with Crippen LogP contribution in [-0.4, -0.2) is 31.3 Å². The van der Waals surface area contributed by atoms with E-state index in [0.29, 0.717) is 18.1 Å². The van der Waals surface area contributed by atoms with E-state index in [1.807, 2.05) is 30.3 Å². The van der Waals surface area contributed by atoms with Crippen molar-refractivity contribution >= 4 is 23.1 Å². The first-order valence-electron chi connectivity index (χ1n) is 11.3. The average Bonchev–Trinajstić information content (AvgIpc) is 3.59. The number of rotatable bonds is 7. The van der Waals surface area contributed by atoms with E-state index >= 15 is 8.78 Å². The maximum absolute atomic E-state index is 16.0. The second-order valence-electron chi connectivity index (χ2n) is 9.06. The van der Waals surface area contributed by atoms with E-state index in [4.69, 9.17) is 32.5 Å². The molecule has 1 saturated carbocycles. The van der Waals surface area contributed by atoms with Crippen LogP contribution in [0.15, 0.2) is 54.1 Å². The third-order valence-corrected chi connectivity index (χ3v) is 7.12. The molecule has 1 amide bonds. The summed E-state index contributed by atoms with van der Waals surface area (Å²) >= 11 is 6.43. The molecule has 5 nitrogen and oxygen atoms in total. The van der Waals surface area contributed by atoms with Gasteiger partial charge in [-0.05, 0) is 24.3 Å². The van der Waals surface area contributed by atoms with Gasteiger partial charge in [-0.2, -0.15) is 0 Å². The van der Waals surface area contributed by atoms with Crippen molar-refractivity contribution in [2.45, 2.75) is 37.1 Å². The Kier molecular flexibility index (Phi) is 5.96. The number of ether oxygens (including phenoxy) is 2. The highest BCUT2D eigenvalue weighted by molar-refractivity contribution is 6.33. The molecule has 3 aliphatic rings. The summed E-state index contributed by atoms with van der Waals surface area (Å²) in [6.45, 7) is 0.509. The molecular weight excluding hydrogens is 462 g/mol. The first-order valence-corrected chi connectivity index (χ1v) is 11.7. The predicted octanol–water partition coefficient (Wildman–Crippen LogP) is 4.21. The van der Waals surface area contributed by atoms with Gasteiger partial charge < -0.3 is 20.9 Å². The lowest BCUT2D eigenvalue weighted by Gasteiger charge is -2.28. The van der Waals surface area contributed by atoms with Gasteiger partial charge in [0, 0.05) is 41.3 Å². The van der Waals surface area contributed by atoms with Crippen molar-refractivity contribution in [3.05, 3.63) is 81.7 Å². The zero-order chi connectivity index (χ0) is 24.0. The molecule has 2 unspecified atom stereocenters. The van der Waals surface area contributed by atoms with E-state index in [1.54, 1.807) is 0 Å². The highest BCUT2D eigenvalue weighted by Crippen LogP contribution is 2.49. The lowest BCUT2D eigenvalue weighted by molar-refractivity contribution is -0.114. The van der Waals surface area contributed by atoms with Gasteiger partial charge in [-0.25, -0.2) is 8.78 Å². The molecule has 0 spiro atoms. The molecule has 0 saturated heterocycles. The van der Waals surface area contributed by atoms with Gasteiger partial charge in [0.1, 0.15) is 17.7 Å². The summed E-state index contributed by atoms with van der Waals surface area (Å²) < 4.78 is 43.0. The molecule has 8 heteroatoms. The Morgan fingerprint density at radius 2 is 2.00 bits per heavy atom. The predicted molar refractivity (Wildman–Crippen MR) is 126 cm³/mol. The second kappa shape index (κ2) is 8.80. The maximum Gasteiger partial charge on any atom is 0.249 e. The smallest absolute Gasteiger partial charge is 0.249 e. The van der Waals surface area contributed by atoms with E-state index < -0.39 is 29.6 Å². The SMILES string of the molecule is NC[C@@]1(c2ccccc2)Cc2c(cc(F)c(Cl)c2C2=C(C(N)=O)C=CC(OCC3CC3)C2F)O1. The zero-order valence-electron chi connectivity index (χ0n) is 18.4. The minimum Gasteiger partial charge on any atom is -0.480 e. The number of alkyl halides is 1. The number of amides is 1. The summed E-state index contributed by atoms with van der Waals surface area (Å²) in [7, 11) is 0. The Bertz CT molecular complexity index is 1200. The van der Waals surface area contributed by atoms with Crippen molar-refractivity contribution in [3.63, 3.8) is 0 Å². The summed E-state index contributed by atoms with van der Waals surface area (Å²) in [6.07, 6.45) is 2.52. The monoisotopic (exact) mass is 486 g/mol. The van der Waals surface area contributed by atoms with Gasteiger partial charge in [-0.1, -0.05) is 54.1 Å². The fourth-order valence-corrected chi connectivity index (χ4v) is 4.98. The zero-order valence-corrected chi connectivity index (χ0v) is 19.2. The van der Waals surface area contributed by atoms with Crippen LogP contribution in [0.3, 0.4) is 0 Å². The molecule has 5 rings (SSSR count). The van der Waals surface area contributed by atoms with Crippen molar-refractivity contribution in [2.75, 3.05) is 13.2 Å². The molecule has 4 N–H and O–H groups in total. The van der Waals surface area contributed by atoms with Gasteiger partial charge in [-0.15, -0.1) is 0 Å². The Labute approximate surface area is 201 Å². The van der Waals surface area contributed by atoms with Crippen LogP contribution in [0.4, 0.5) is 8.78 Å². The Morgan fingerprint density at radius 3 is 2.65 bits per heavy atom. The first-order chi connectivity index (χ1) is 16.3. The molecule has 2 aromatic rings. The molecule has 0 aromatic heterocycles. The third kappa shape index (κ3) is 3.91. The van der Waals surface area contributed by atoms with Gasteiger partial charge in [0.15, 0.2) is 11.8 Å². The molecule has 178 valence electrons. The normalized spacial score (nSPS) is 25.9. The van der Waals surface area contributed by atoms with Crippen LogP contribution in [0.2, 0.25) is 5.02 Å². The first kappa shape index (κ1) is 23.0. The molecule has 1 fully saturated rings. The van der Waals surface area contributed by atoms with E-state index in [0.717, 1.165) is 18.4 Å². The van der Waals surface area contributed by atoms with Crippen LogP contribution in [0.1, 0.15) is 29.5 Å². The van der Waals surface area contributed by atoms with Crippen molar-refractivity contribution in [2.24, 2.45) is 17.4 Å². The quantitative estimate of drug-likeness (QED) is 0.613. The van der Waals surface area contributed by atoms with E-state index in [9.17, 15) is 4.79 Å². The minimum atomic E-state index is -1.76. The topological polar surface area (TPSA) is 87.6 Å². The van der Waals surface area contributed by atoms with Gasteiger partial charge >= 0.3 is 0 Å². The van der Waals surface area contributed by atoms with Crippen LogP contribution in [0, 0.1) is 11.7 Å². The summed E-state index contributed by atoms with van der Waals surface area (Å²) in [5.74, 6) is -1.00. The van der Waals surface area contributed by atoms with Crippen molar-refractivity contribution in [1.82, 2.24) is 0 Å². The van der Waals surface area contributed by atoms with Crippen LogP contribution in [0.5, 0.6) is 5.75 Å². The van der Waals surface area contributed by atoms with Gasteiger partial charge in [-0.3, -0.25) is 4.79 Å². The Balaban J connectivity index is 1.63. The molecule has 0 radical (unpaired) electrons. The number of primary amides is 1. The molecule has 3 atom stereocenters. The number of halogens is 3. The molecule has 2 aliphatic carbocycles. The number of hydrogen-bond acceptors (Lipinski definition) is 4. The summed E-state index contributed by atoms with van der Waals surface area (Å²) in [6, 6.07) is 10.5. The van der Waals surface area contributed by atoms with E-state index in [2.05, 4.69) is 0 Å². The van der Waals surface area contributed by atoms with E-state index in [1.165, 1.54) is 18.2 Å². The van der Waals surface area contributed by atoms with Gasteiger partial charge in [0.25, 0.3) is 0 Å². The number of nitrogens with two attached hydrogens (primary N) is 2. The van der Waals surface area contributed by atoms with Crippen molar-refractivity contribution in [1.29, 1.82) is 0 Å². The summed E-state index contributed by atoms with van der Waals surface area (Å²) in [5.41, 5.74) is 12.0. The largest absolute Gasteiger partial charge is 0.480 e. The van der Waals surface area contributed by atoms with E-state index in [-0.39, 0.29) is 40.4 Å². The molecule has 0 bridgehead atoms. The number of fused-ring (bicyclic) bond motifs is 1. The van der Waals surface area contributed by atoms with Crippen LogP contribution in [0.25, 0.3) is 5.57 Å². The number of carbonyl (C=O) groups excluding carboxylic acids is 1. The standard InChI is InChI=1S/C26H25ClF2N2O3/c27-23-18(28)10-20-17(11-26(13-30,34-20)15-4-2-1-3-5-15)21(23)22-16(25(31)32)8-9-19(24(22)29)33-12-14-6-7-14/h1-5,8-10,14,19,24H,6-7,11-13,30H2,(H2,31,32)/t19?,24?,26-/m1/s1. The third-order valence-electron chi connectivity index (χ3n) is 6.75. The lowest BCUT2D eigenvalue weighted by Crippen LogP contribution is -2.39. The number of hydrogen-bond donors (Lipinski definition) is 2. The number of carbonyl (C=O) groups is 1.